The Morgan fingerprint density at radius 2 is 1.89 bits per heavy atom. The van der Waals surface area contributed by atoms with Crippen molar-refractivity contribution in [3.05, 3.63) is 0 Å². The van der Waals surface area contributed by atoms with Gasteiger partial charge in [0.2, 0.25) is 5.91 Å². The van der Waals surface area contributed by atoms with Crippen LogP contribution < -0.4 is 5.32 Å². The van der Waals surface area contributed by atoms with Gasteiger partial charge in [-0.15, -0.1) is 0 Å². The number of amides is 1. The molecule has 1 aliphatic heterocycles. The van der Waals surface area contributed by atoms with Gasteiger partial charge in [-0.25, -0.2) is 0 Å². The molecule has 3 unspecified atom stereocenters. The lowest BCUT2D eigenvalue weighted by Gasteiger charge is -2.32. The van der Waals surface area contributed by atoms with Crippen LogP contribution in [0.25, 0.3) is 0 Å². The number of carbonyl (C=O) groups is 1. The van der Waals surface area contributed by atoms with E-state index in [9.17, 15) is 4.79 Å². The van der Waals surface area contributed by atoms with Gasteiger partial charge in [0.1, 0.15) is 0 Å². The maximum atomic E-state index is 12.5. The van der Waals surface area contributed by atoms with Crippen LogP contribution in [0, 0.1) is 5.92 Å². The van der Waals surface area contributed by atoms with Crippen LogP contribution >= 0.6 is 0 Å². The van der Waals surface area contributed by atoms with Crippen LogP contribution in [0.15, 0.2) is 0 Å². The predicted octanol–water partition coefficient (Wildman–Crippen LogP) is 3.15. The highest BCUT2D eigenvalue weighted by atomic mass is 16.2. The zero-order valence-corrected chi connectivity index (χ0v) is 12.7. The SMILES string of the molecule is CCCCC1NC(C(C)C)N(C(C)CCC)C1=O. The van der Waals surface area contributed by atoms with E-state index in [0.29, 0.717) is 17.9 Å². The summed E-state index contributed by atoms with van der Waals surface area (Å²) in [5.74, 6) is 0.794. The maximum Gasteiger partial charge on any atom is 0.241 e. The zero-order chi connectivity index (χ0) is 13.7. The molecular weight excluding hydrogens is 224 g/mol. The average Bonchev–Trinajstić information content (AvgIpc) is 2.64. The Hall–Kier alpha value is -0.570. The fraction of sp³-hybridized carbons (Fsp3) is 0.933. The summed E-state index contributed by atoms with van der Waals surface area (Å²) < 4.78 is 0. The lowest BCUT2D eigenvalue weighted by molar-refractivity contribution is -0.132. The Bertz CT molecular complexity index is 265. The van der Waals surface area contributed by atoms with E-state index in [1.807, 2.05) is 0 Å². The van der Waals surface area contributed by atoms with Gasteiger partial charge in [0.05, 0.1) is 12.2 Å². The minimum absolute atomic E-state index is 0.0525. The number of nitrogens with one attached hydrogen (secondary N) is 1. The molecule has 106 valence electrons. The quantitative estimate of drug-likeness (QED) is 0.757. The Balaban J connectivity index is 2.74. The summed E-state index contributed by atoms with van der Waals surface area (Å²) in [5, 5.41) is 3.54. The van der Waals surface area contributed by atoms with Crippen molar-refractivity contribution < 1.29 is 4.79 Å². The Kier molecular flexibility index (Phi) is 6.13. The molecule has 1 aliphatic rings. The molecule has 0 aromatic rings. The molecule has 1 heterocycles. The lowest BCUT2D eigenvalue weighted by Crippen LogP contribution is -2.46. The first-order chi connectivity index (χ1) is 8.52. The molecule has 3 atom stereocenters. The molecule has 1 rings (SSSR count). The summed E-state index contributed by atoms with van der Waals surface area (Å²) in [6.07, 6.45) is 5.72. The Morgan fingerprint density at radius 3 is 2.39 bits per heavy atom. The topological polar surface area (TPSA) is 32.3 Å². The van der Waals surface area contributed by atoms with Crippen LogP contribution in [-0.2, 0) is 4.79 Å². The summed E-state index contributed by atoms with van der Waals surface area (Å²) in [6.45, 7) is 10.9. The summed E-state index contributed by atoms with van der Waals surface area (Å²) in [7, 11) is 0. The van der Waals surface area contributed by atoms with Gasteiger partial charge in [-0.2, -0.15) is 0 Å². The first-order valence-electron chi connectivity index (χ1n) is 7.61. The molecule has 0 aromatic carbocycles. The molecule has 3 heteroatoms. The van der Waals surface area contributed by atoms with Gasteiger partial charge in [0.25, 0.3) is 0 Å². The second-order valence-electron chi connectivity index (χ2n) is 5.93. The van der Waals surface area contributed by atoms with E-state index in [1.54, 1.807) is 0 Å². The van der Waals surface area contributed by atoms with Crippen molar-refractivity contribution in [1.29, 1.82) is 0 Å². The first-order valence-corrected chi connectivity index (χ1v) is 7.61. The molecular formula is C15H30N2O. The third kappa shape index (κ3) is 3.47. The van der Waals surface area contributed by atoms with E-state index < -0.39 is 0 Å². The van der Waals surface area contributed by atoms with E-state index in [0.717, 1.165) is 32.1 Å². The number of nitrogens with zero attached hydrogens (tertiary/aromatic N) is 1. The molecule has 0 spiro atoms. The van der Waals surface area contributed by atoms with Crippen molar-refractivity contribution >= 4 is 5.91 Å². The van der Waals surface area contributed by atoms with Crippen LogP contribution in [-0.4, -0.2) is 29.1 Å². The van der Waals surface area contributed by atoms with Gasteiger partial charge >= 0.3 is 0 Å². The molecule has 0 aliphatic carbocycles. The summed E-state index contributed by atoms with van der Waals surface area (Å²) >= 11 is 0. The van der Waals surface area contributed by atoms with E-state index in [1.165, 1.54) is 0 Å². The second-order valence-corrected chi connectivity index (χ2v) is 5.93. The Labute approximate surface area is 112 Å². The van der Waals surface area contributed by atoms with Crippen molar-refractivity contribution in [3.63, 3.8) is 0 Å². The highest BCUT2D eigenvalue weighted by Crippen LogP contribution is 2.24. The van der Waals surface area contributed by atoms with Crippen LogP contribution in [0.2, 0.25) is 0 Å². The number of rotatable bonds is 7. The molecule has 0 saturated carbocycles. The van der Waals surface area contributed by atoms with Gasteiger partial charge in [0.15, 0.2) is 0 Å². The minimum atomic E-state index is 0.0525. The highest BCUT2D eigenvalue weighted by Gasteiger charge is 2.41. The first kappa shape index (κ1) is 15.5. The van der Waals surface area contributed by atoms with Crippen LogP contribution in [0.4, 0.5) is 0 Å². The largest absolute Gasteiger partial charge is 0.323 e. The average molecular weight is 254 g/mol. The monoisotopic (exact) mass is 254 g/mol. The van der Waals surface area contributed by atoms with Crippen LogP contribution in [0.3, 0.4) is 0 Å². The van der Waals surface area contributed by atoms with E-state index >= 15 is 0 Å². The number of hydrogen-bond acceptors (Lipinski definition) is 2. The van der Waals surface area contributed by atoms with Crippen LogP contribution in [0.5, 0.6) is 0 Å². The summed E-state index contributed by atoms with van der Waals surface area (Å²) in [6, 6.07) is 0.408. The lowest BCUT2D eigenvalue weighted by atomic mass is 10.1. The van der Waals surface area contributed by atoms with Gasteiger partial charge in [-0.3, -0.25) is 10.1 Å². The fourth-order valence-corrected chi connectivity index (χ4v) is 2.85. The van der Waals surface area contributed by atoms with Gasteiger partial charge < -0.3 is 4.90 Å². The minimum Gasteiger partial charge on any atom is -0.323 e. The standard InChI is InChI=1S/C15H30N2O/c1-6-8-10-13-15(18)17(12(5)9-7-2)14(16-13)11(3)4/h11-14,16H,6-10H2,1-5H3. The summed E-state index contributed by atoms with van der Waals surface area (Å²) in [4.78, 5) is 14.6. The third-order valence-electron chi connectivity index (χ3n) is 3.88. The van der Waals surface area contributed by atoms with Gasteiger partial charge in [-0.05, 0) is 25.7 Å². The van der Waals surface area contributed by atoms with Crippen molar-refractivity contribution in [1.82, 2.24) is 10.2 Å². The smallest absolute Gasteiger partial charge is 0.241 e. The Morgan fingerprint density at radius 1 is 1.22 bits per heavy atom. The fourth-order valence-electron chi connectivity index (χ4n) is 2.85. The molecule has 3 nitrogen and oxygen atoms in total. The molecule has 1 amide bonds. The predicted molar refractivity (Wildman–Crippen MR) is 76.3 cm³/mol. The number of unbranched alkanes of at least 4 members (excludes halogenated alkanes) is 1. The van der Waals surface area contributed by atoms with E-state index in [4.69, 9.17) is 0 Å². The molecule has 0 radical (unpaired) electrons. The van der Waals surface area contributed by atoms with Crippen molar-refractivity contribution in [3.8, 4) is 0 Å². The highest BCUT2D eigenvalue weighted by molar-refractivity contribution is 5.84. The van der Waals surface area contributed by atoms with Crippen LogP contribution in [0.1, 0.15) is 66.7 Å². The van der Waals surface area contributed by atoms with Gasteiger partial charge in [0, 0.05) is 6.04 Å². The van der Waals surface area contributed by atoms with E-state index in [-0.39, 0.29) is 12.2 Å². The third-order valence-corrected chi connectivity index (χ3v) is 3.88. The zero-order valence-electron chi connectivity index (χ0n) is 12.7. The number of carbonyl (C=O) groups excluding carboxylic acids is 1. The van der Waals surface area contributed by atoms with E-state index in [2.05, 4.69) is 44.8 Å². The van der Waals surface area contributed by atoms with Crippen molar-refractivity contribution in [2.75, 3.05) is 0 Å². The molecule has 1 N–H and O–H groups in total. The van der Waals surface area contributed by atoms with Gasteiger partial charge in [-0.1, -0.05) is 47.0 Å². The maximum absolute atomic E-state index is 12.5. The van der Waals surface area contributed by atoms with Crippen molar-refractivity contribution in [2.24, 2.45) is 5.92 Å². The molecule has 0 bridgehead atoms. The summed E-state index contributed by atoms with van der Waals surface area (Å²) in [5.41, 5.74) is 0. The molecule has 1 fully saturated rings. The number of hydrogen-bond donors (Lipinski definition) is 1. The molecule has 18 heavy (non-hydrogen) atoms. The van der Waals surface area contributed by atoms with Crippen molar-refractivity contribution in [2.45, 2.75) is 85.0 Å². The second kappa shape index (κ2) is 7.13. The molecule has 1 saturated heterocycles. The normalized spacial score (nSPS) is 26.1. The molecule has 0 aromatic heterocycles.